The van der Waals surface area contributed by atoms with Gasteiger partial charge in [0.15, 0.2) is 0 Å². The Kier molecular flexibility index (Phi) is 3.03. The smallest absolute Gasteiger partial charge is 0.127 e. The van der Waals surface area contributed by atoms with Crippen molar-refractivity contribution >= 4 is 11.8 Å². The van der Waals surface area contributed by atoms with Crippen LogP contribution in [0.1, 0.15) is 10.8 Å². The molecule has 0 spiro atoms. The third-order valence-electron chi connectivity index (χ3n) is 2.23. The predicted octanol–water partition coefficient (Wildman–Crippen LogP) is 2.34. The van der Waals surface area contributed by atoms with Gasteiger partial charge in [-0.2, -0.15) is 11.8 Å². The number of nitrogens with one attached hydrogen (secondary N) is 1. The van der Waals surface area contributed by atoms with E-state index in [1.54, 1.807) is 11.8 Å². The molecule has 1 aliphatic rings. The zero-order valence-corrected chi connectivity index (χ0v) is 8.41. The SMILES string of the molecule is Fc1ccc(F)c(C2CNCCS2)c1. The van der Waals surface area contributed by atoms with Crippen LogP contribution in [0.25, 0.3) is 0 Å². The van der Waals surface area contributed by atoms with Crippen LogP contribution in [-0.2, 0) is 0 Å². The molecule has 1 nitrogen and oxygen atoms in total. The number of hydrogen-bond donors (Lipinski definition) is 1. The lowest BCUT2D eigenvalue weighted by Gasteiger charge is -2.23. The van der Waals surface area contributed by atoms with Crippen LogP contribution in [0, 0.1) is 11.6 Å². The third-order valence-corrected chi connectivity index (χ3v) is 3.50. The van der Waals surface area contributed by atoms with Crippen molar-refractivity contribution in [3.8, 4) is 0 Å². The van der Waals surface area contributed by atoms with Crippen molar-refractivity contribution in [2.24, 2.45) is 0 Å². The Bertz CT molecular complexity index is 324. The summed E-state index contributed by atoms with van der Waals surface area (Å²) in [5, 5.41) is 3.21. The first-order valence-electron chi connectivity index (χ1n) is 4.54. The number of halogens is 2. The fourth-order valence-corrected chi connectivity index (χ4v) is 2.67. The van der Waals surface area contributed by atoms with Gasteiger partial charge in [0.1, 0.15) is 11.6 Å². The van der Waals surface area contributed by atoms with Crippen molar-refractivity contribution in [2.45, 2.75) is 5.25 Å². The fraction of sp³-hybridized carbons (Fsp3) is 0.400. The molecule has 1 atom stereocenters. The molecule has 1 saturated heterocycles. The number of hydrogen-bond acceptors (Lipinski definition) is 2. The second-order valence-electron chi connectivity index (χ2n) is 3.23. The average molecular weight is 215 g/mol. The largest absolute Gasteiger partial charge is 0.314 e. The molecule has 0 saturated carbocycles. The highest BCUT2D eigenvalue weighted by Crippen LogP contribution is 2.31. The Hall–Kier alpha value is -0.610. The van der Waals surface area contributed by atoms with Gasteiger partial charge in [-0.15, -0.1) is 0 Å². The monoisotopic (exact) mass is 215 g/mol. The second-order valence-corrected chi connectivity index (χ2v) is 4.54. The number of rotatable bonds is 1. The minimum absolute atomic E-state index is 0.0412. The molecule has 2 rings (SSSR count). The summed E-state index contributed by atoms with van der Waals surface area (Å²) in [6, 6.07) is 3.64. The van der Waals surface area contributed by atoms with Gasteiger partial charge in [0.25, 0.3) is 0 Å². The van der Waals surface area contributed by atoms with Crippen LogP contribution >= 0.6 is 11.8 Å². The lowest BCUT2D eigenvalue weighted by Crippen LogP contribution is -2.28. The summed E-state index contributed by atoms with van der Waals surface area (Å²) in [5.41, 5.74) is 0.474. The van der Waals surface area contributed by atoms with Crippen LogP contribution in [0.15, 0.2) is 18.2 Å². The van der Waals surface area contributed by atoms with E-state index in [-0.39, 0.29) is 16.9 Å². The van der Waals surface area contributed by atoms with Gasteiger partial charge in [-0.25, -0.2) is 8.78 Å². The molecule has 1 fully saturated rings. The molecule has 0 amide bonds. The van der Waals surface area contributed by atoms with Gasteiger partial charge in [0.05, 0.1) is 0 Å². The lowest BCUT2D eigenvalue weighted by atomic mass is 10.1. The second kappa shape index (κ2) is 4.28. The Balaban J connectivity index is 2.24. The van der Waals surface area contributed by atoms with E-state index in [1.165, 1.54) is 12.1 Å². The van der Waals surface area contributed by atoms with E-state index in [4.69, 9.17) is 0 Å². The number of benzene rings is 1. The van der Waals surface area contributed by atoms with Crippen LogP contribution in [-0.4, -0.2) is 18.8 Å². The normalized spacial score (nSPS) is 22.3. The topological polar surface area (TPSA) is 12.0 Å². The molecule has 1 aromatic rings. The van der Waals surface area contributed by atoms with Gasteiger partial charge in [-0.3, -0.25) is 0 Å². The number of thioether (sulfide) groups is 1. The molecule has 0 bridgehead atoms. The van der Waals surface area contributed by atoms with Crippen molar-refractivity contribution in [1.29, 1.82) is 0 Å². The molecule has 14 heavy (non-hydrogen) atoms. The highest BCUT2D eigenvalue weighted by Gasteiger charge is 2.19. The summed E-state index contributed by atoms with van der Waals surface area (Å²) < 4.78 is 26.3. The first kappa shape index (κ1) is 9.93. The zero-order valence-electron chi connectivity index (χ0n) is 7.59. The van der Waals surface area contributed by atoms with E-state index < -0.39 is 0 Å². The van der Waals surface area contributed by atoms with E-state index in [9.17, 15) is 8.78 Å². The van der Waals surface area contributed by atoms with Crippen molar-refractivity contribution in [2.75, 3.05) is 18.8 Å². The molecule has 1 unspecified atom stereocenters. The molecule has 4 heteroatoms. The Labute approximate surface area is 85.9 Å². The summed E-state index contributed by atoms with van der Waals surface area (Å²) in [5.74, 6) is 0.265. The molecule has 1 heterocycles. The maximum atomic E-state index is 13.3. The Morgan fingerprint density at radius 2 is 2.21 bits per heavy atom. The highest BCUT2D eigenvalue weighted by molar-refractivity contribution is 7.99. The standard InChI is InChI=1S/C10H11F2NS/c11-7-1-2-9(12)8(5-7)10-6-13-3-4-14-10/h1-2,5,10,13H,3-4,6H2. The van der Waals surface area contributed by atoms with Crippen LogP contribution in [0.2, 0.25) is 0 Å². The maximum Gasteiger partial charge on any atom is 0.127 e. The summed E-state index contributed by atoms with van der Waals surface area (Å²) in [7, 11) is 0. The molecule has 76 valence electrons. The molecule has 0 aromatic heterocycles. The summed E-state index contributed by atoms with van der Waals surface area (Å²) in [4.78, 5) is 0. The van der Waals surface area contributed by atoms with Gasteiger partial charge in [-0.1, -0.05) is 0 Å². The van der Waals surface area contributed by atoms with Crippen LogP contribution in [0.3, 0.4) is 0 Å². The quantitative estimate of drug-likeness (QED) is 0.771. The lowest BCUT2D eigenvalue weighted by molar-refractivity contribution is 0.574. The van der Waals surface area contributed by atoms with Gasteiger partial charge in [0.2, 0.25) is 0 Å². The zero-order chi connectivity index (χ0) is 9.97. The minimum atomic E-state index is -0.368. The van der Waals surface area contributed by atoms with Crippen LogP contribution in [0.5, 0.6) is 0 Å². The molecule has 1 aliphatic heterocycles. The van der Waals surface area contributed by atoms with Crippen LogP contribution in [0.4, 0.5) is 8.78 Å². The summed E-state index contributed by atoms with van der Waals surface area (Å²) in [6.45, 7) is 1.66. The Morgan fingerprint density at radius 3 is 2.93 bits per heavy atom. The van der Waals surface area contributed by atoms with Gasteiger partial charge >= 0.3 is 0 Å². The molecule has 1 aromatic carbocycles. The molecular formula is C10H11F2NS. The molecule has 0 radical (unpaired) electrons. The van der Waals surface area contributed by atoms with E-state index in [2.05, 4.69) is 5.32 Å². The summed E-state index contributed by atoms with van der Waals surface area (Å²) in [6.07, 6.45) is 0. The molecular weight excluding hydrogens is 204 g/mol. The fourth-order valence-electron chi connectivity index (χ4n) is 1.53. The van der Waals surface area contributed by atoms with Gasteiger partial charge in [0, 0.05) is 29.7 Å². The summed E-state index contributed by atoms with van der Waals surface area (Å²) >= 11 is 1.67. The van der Waals surface area contributed by atoms with E-state index in [1.807, 2.05) is 0 Å². The van der Waals surface area contributed by atoms with Crippen molar-refractivity contribution < 1.29 is 8.78 Å². The minimum Gasteiger partial charge on any atom is -0.314 e. The average Bonchev–Trinajstić information content (AvgIpc) is 2.23. The van der Waals surface area contributed by atoms with E-state index in [0.717, 1.165) is 18.4 Å². The Morgan fingerprint density at radius 1 is 1.36 bits per heavy atom. The van der Waals surface area contributed by atoms with E-state index in [0.29, 0.717) is 12.1 Å². The van der Waals surface area contributed by atoms with Gasteiger partial charge in [-0.05, 0) is 18.2 Å². The van der Waals surface area contributed by atoms with Gasteiger partial charge < -0.3 is 5.32 Å². The van der Waals surface area contributed by atoms with Crippen molar-refractivity contribution in [3.63, 3.8) is 0 Å². The highest BCUT2D eigenvalue weighted by atomic mass is 32.2. The predicted molar refractivity (Wildman–Crippen MR) is 54.4 cm³/mol. The third kappa shape index (κ3) is 2.07. The van der Waals surface area contributed by atoms with Crippen LogP contribution < -0.4 is 5.32 Å². The maximum absolute atomic E-state index is 13.3. The first-order chi connectivity index (χ1) is 6.77. The van der Waals surface area contributed by atoms with E-state index >= 15 is 0 Å². The first-order valence-corrected chi connectivity index (χ1v) is 5.59. The molecule has 1 N–H and O–H groups in total. The van der Waals surface area contributed by atoms with Crippen molar-refractivity contribution in [1.82, 2.24) is 5.32 Å². The van der Waals surface area contributed by atoms with Crippen molar-refractivity contribution in [3.05, 3.63) is 35.4 Å². The molecule has 0 aliphatic carbocycles.